The van der Waals surface area contributed by atoms with Gasteiger partial charge in [0.2, 0.25) is 11.2 Å². The summed E-state index contributed by atoms with van der Waals surface area (Å²) in [7, 11) is 0. The molecule has 0 radical (unpaired) electrons. The first kappa shape index (κ1) is 19.7. The standard InChI is InChI=1S/C24H23ClO4/c1-14-12-19-20(13-15(14)2)28-22(16-8-10-18(25)11-9-16)23(21(19)26)29-24(27)17-6-4-3-5-7-17/h8-13,17H,3-7H2,1-2H3. The zero-order valence-electron chi connectivity index (χ0n) is 16.6. The summed E-state index contributed by atoms with van der Waals surface area (Å²) >= 11 is 6.01. The van der Waals surface area contributed by atoms with E-state index in [4.69, 9.17) is 20.8 Å². The molecule has 4 nitrogen and oxygen atoms in total. The number of carbonyl (C=O) groups excluding carboxylic acids is 1. The van der Waals surface area contributed by atoms with Gasteiger partial charge < -0.3 is 9.15 Å². The van der Waals surface area contributed by atoms with Gasteiger partial charge in [-0.1, -0.05) is 30.9 Å². The molecule has 29 heavy (non-hydrogen) atoms. The van der Waals surface area contributed by atoms with Crippen molar-refractivity contribution in [1.29, 1.82) is 0 Å². The maximum Gasteiger partial charge on any atom is 0.314 e. The Bertz CT molecular complexity index is 1120. The molecule has 0 aliphatic heterocycles. The second-order valence-electron chi connectivity index (χ2n) is 7.78. The number of rotatable bonds is 3. The number of halogens is 1. The van der Waals surface area contributed by atoms with Crippen LogP contribution in [0, 0.1) is 19.8 Å². The van der Waals surface area contributed by atoms with Crippen molar-refractivity contribution >= 4 is 28.5 Å². The third-order valence-electron chi connectivity index (χ3n) is 5.71. The van der Waals surface area contributed by atoms with Crippen molar-refractivity contribution in [1.82, 2.24) is 0 Å². The summed E-state index contributed by atoms with van der Waals surface area (Å²) in [5.41, 5.74) is 2.78. The maximum atomic E-state index is 13.3. The lowest BCUT2D eigenvalue weighted by molar-refractivity contribution is -0.140. The highest BCUT2D eigenvalue weighted by Crippen LogP contribution is 2.34. The Labute approximate surface area is 174 Å². The van der Waals surface area contributed by atoms with Crippen molar-refractivity contribution in [2.45, 2.75) is 46.0 Å². The average Bonchev–Trinajstić information content (AvgIpc) is 2.73. The molecule has 5 heteroatoms. The average molecular weight is 411 g/mol. The van der Waals surface area contributed by atoms with Crippen LogP contribution in [0.4, 0.5) is 0 Å². The Hall–Kier alpha value is -2.59. The minimum atomic E-state index is -0.351. The summed E-state index contributed by atoms with van der Waals surface area (Å²) in [4.78, 5) is 26.1. The van der Waals surface area contributed by atoms with Crippen molar-refractivity contribution in [2.75, 3.05) is 0 Å². The van der Waals surface area contributed by atoms with E-state index in [1.807, 2.05) is 19.9 Å². The molecule has 2 aromatic carbocycles. The molecule has 0 atom stereocenters. The number of carbonyl (C=O) groups is 1. The highest BCUT2D eigenvalue weighted by atomic mass is 35.5. The van der Waals surface area contributed by atoms with Crippen LogP contribution in [0.2, 0.25) is 5.02 Å². The molecule has 150 valence electrons. The lowest BCUT2D eigenvalue weighted by Crippen LogP contribution is -2.25. The zero-order chi connectivity index (χ0) is 20.5. The molecule has 0 amide bonds. The van der Waals surface area contributed by atoms with Crippen molar-refractivity contribution < 1.29 is 13.9 Å². The lowest BCUT2D eigenvalue weighted by atomic mass is 9.89. The zero-order valence-corrected chi connectivity index (χ0v) is 17.3. The molecule has 1 saturated carbocycles. The van der Waals surface area contributed by atoms with Crippen LogP contribution in [0.5, 0.6) is 5.75 Å². The van der Waals surface area contributed by atoms with Gasteiger partial charge in [-0.25, -0.2) is 0 Å². The molecule has 0 unspecified atom stereocenters. The summed E-state index contributed by atoms with van der Waals surface area (Å²) in [6.07, 6.45) is 4.75. The van der Waals surface area contributed by atoms with E-state index in [0.29, 0.717) is 21.6 Å². The van der Waals surface area contributed by atoms with E-state index in [0.717, 1.165) is 43.2 Å². The molecule has 0 saturated heterocycles. The Morgan fingerprint density at radius 3 is 2.38 bits per heavy atom. The van der Waals surface area contributed by atoms with Gasteiger partial charge >= 0.3 is 5.97 Å². The summed E-state index contributed by atoms with van der Waals surface area (Å²) in [5, 5.41) is 0.987. The minimum absolute atomic E-state index is 0.0429. The van der Waals surface area contributed by atoms with E-state index < -0.39 is 0 Å². The number of esters is 1. The van der Waals surface area contributed by atoms with Crippen LogP contribution in [0.1, 0.15) is 43.2 Å². The van der Waals surface area contributed by atoms with Crippen LogP contribution >= 0.6 is 11.6 Å². The van der Waals surface area contributed by atoms with E-state index in [9.17, 15) is 9.59 Å². The fourth-order valence-electron chi connectivity index (χ4n) is 3.84. The van der Waals surface area contributed by atoms with Crippen molar-refractivity contribution in [3.63, 3.8) is 0 Å². The SMILES string of the molecule is Cc1cc2oc(-c3ccc(Cl)cc3)c(OC(=O)C3CCCCC3)c(=O)c2cc1C. The summed E-state index contributed by atoms with van der Waals surface area (Å²) in [5.74, 6) is -0.308. The summed E-state index contributed by atoms with van der Waals surface area (Å²) in [6.45, 7) is 3.91. The smallest absolute Gasteiger partial charge is 0.314 e. The lowest BCUT2D eigenvalue weighted by Gasteiger charge is -2.20. The van der Waals surface area contributed by atoms with Crippen molar-refractivity contribution in [3.8, 4) is 17.1 Å². The van der Waals surface area contributed by atoms with E-state index in [2.05, 4.69) is 0 Å². The number of hydrogen-bond donors (Lipinski definition) is 0. The number of benzene rings is 2. The highest BCUT2D eigenvalue weighted by molar-refractivity contribution is 6.30. The van der Waals surface area contributed by atoms with E-state index >= 15 is 0 Å². The molecule has 0 bridgehead atoms. The second kappa shape index (κ2) is 8.03. The predicted octanol–water partition coefficient (Wildman–Crippen LogP) is 6.22. The normalized spacial score (nSPS) is 14.9. The summed E-state index contributed by atoms with van der Waals surface area (Å²) in [6, 6.07) is 10.6. The number of ether oxygens (including phenoxy) is 1. The van der Waals surface area contributed by atoms with Gasteiger partial charge in [-0.2, -0.15) is 0 Å². The predicted molar refractivity (Wildman–Crippen MR) is 115 cm³/mol. The molecule has 1 aliphatic carbocycles. The van der Waals surface area contributed by atoms with Crippen LogP contribution in [0.25, 0.3) is 22.3 Å². The molecule has 1 fully saturated rings. The highest BCUT2D eigenvalue weighted by Gasteiger charge is 2.27. The molecule has 0 N–H and O–H groups in total. The van der Waals surface area contributed by atoms with Gasteiger partial charge in [-0.15, -0.1) is 0 Å². The van der Waals surface area contributed by atoms with Crippen LogP contribution in [0.15, 0.2) is 45.6 Å². The van der Waals surface area contributed by atoms with Crippen molar-refractivity contribution in [3.05, 3.63) is 62.8 Å². The van der Waals surface area contributed by atoms with Gasteiger partial charge in [-0.3, -0.25) is 9.59 Å². The van der Waals surface area contributed by atoms with Gasteiger partial charge in [0.1, 0.15) is 5.58 Å². The Morgan fingerprint density at radius 1 is 1.03 bits per heavy atom. The molecule has 3 aromatic rings. The van der Waals surface area contributed by atoms with Crippen LogP contribution in [0.3, 0.4) is 0 Å². The van der Waals surface area contributed by atoms with Gasteiger partial charge in [0.05, 0.1) is 11.3 Å². The van der Waals surface area contributed by atoms with Gasteiger partial charge in [-0.05, 0) is 74.2 Å². The number of aryl methyl sites for hydroxylation is 2. The molecule has 1 heterocycles. The Morgan fingerprint density at radius 2 is 1.69 bits per heavy atom. The first-order valence-corrected chi connectivity index (χ1v) is 10.4. The third kappa shape index (κ3) is 3.95. The van der Waals surface area contributed by atoms with E-state index in [1.165, 1.54) is 0 Å². The molecule has 0 spiro atoms. The largest absolute Gasteiger partial charge is 0.452 e. The fraction of sp³-hybridized carbons (Fsp3) is 0.333. The first-order valence-electron chi connectivity index (χ1n) is 9.99. The summed E-state index contributed by atoms with van der Waals surface area (Å²) < 4.78 is 11.8. The number of hydrogen-bond acceptors (Lipinski definition) is 4. The van der Waals surface area contributed by atoms with Crippen LogP contribution in [-0.2, 0) is 4.79 Å². The van der Waals surface area contributed by atoms with Crippen molar-refractivity contribution in [2.24, 2.45) is 5.92 Å². The van der Waals surface area contributed by atoms with Crippen LogP contribution < -0.4 is 10.2 Å². The monoisotopic (exact) mass is 410 g/mol. The molecule has 1 aromatic heterocycles. The van der Waals surface area contributed by atoms with Crippen LogP contribution in [-0.4, -0.2) is 5.97 Å². The molecule has 4 rings (SSSR count). The molecular weight excluding hydrogens is 388 g/mol. The van der Waals surface area contributed by atoms with E-state index in [-0.39, 0.29) is 28.8 Å². The quantitative estimate of drug-likeness (QED) is 0.481. The fourth-order valence-corrected chi connectivity index (χ4v) is 3.97. The second-order valence-corrected chi connectivity index (χ2v) is 8.22. The maximum absolute atomic E-state index is 13.3. The Balaban J connectivity index is 1.87. The van der Waals surface area contributed by atoms with Gasteiger partial charge in [0.15, 0.2) is 5.76 Å². The number of fused-ring (bicyclic) bond motifs is 1. The molecular formula is C24H23ClO4. The topological polar surface area (TPSA) is 56.5 Å². The minimum Gasteiger partial charge on any atom is -0.452 e. The van der Waals surface area contributed by atoms with Gasteiger partial charge in [0, 0.05) is 10.6 Å². The molecule has 1 aliphatic rings. The van der Waals surface area contributed by atoms with Gasteiger partial charge in [0.25, 0.3) is 0 Å². The Kier molecular flexibility index (Phi) is 5.46. The van der Waals surface area contributed by atoms with E-state index in [1.54, 1.807) is 30.3 Å². The first-order chi connectivity index (χ1) is 13.9. The third-order valence-corrected chi connectivity index (χ3v) is 5.96.